The highest BCUT2D eigenvalue weighted by atomic mass is 16.4. The molecule has 1 unspecified atom stereocenters. The lowest BCUT2D eigenvalue weighted by atomic mass is 9.79. The molecule has 21 heavy (non-hydrogen) atoms. The molecule has 2 N–H and O–H groups in total. The number of piperazine rings is 1. The van der Waals surface area contributed by atoms with Crippen molar-refractivity contribution < 1.29 is 14.7 Å². The molecule has 0 aromatic heterocycles. The van der Waals surface area contributed by atoms with Gasteiger partial charge in [0.05, 0.1) is 12.0 Å². The number of carboxylic acids is 1. The maximum absolute atomic E-state index is 12.5. The fourth-order valence-electron chi connectivity index (χ4n) is 3.40. The van der Waals surface area contributed by atoms with E-state index in [1.807, 2.05) is 4.90 Å². The average Bonchev–Trinajstić information content (AvgIpc) is 2.41. The molecule has 120 valence electrons. The van der Waals surface area contributed by atoms with Crippen molar-refractivity contribution in [2.24, 2.45) is 0 Å². The Bertz CT molecular complexity index is 394. The quantitative estimate of drug-likeness (QED) is 0.828. The minimum Gasteiger partial charge on any atom is -0.481 e. The standard InChI is InChI=1S/C15H27N3O3/c1-12-11-18(9-8-17(12)2)14(21)16-15(10-13(19)20)6-4-3-5-7-15/h12H,3-11H2,1-2H3,(H,16,21)(H,19,20). The lowest BCUT2D eigenvalue weighted by Gasteiger charge is -2.42. The number of carbonyl (C=O) groups is 2. The Kier molecular flexibility index (Phi) is 5.08. The number of hydrogen-bond acceptors (Lipinski definition) is 3. The van der Waals surface area contributed by atoms with Crippen LogP contribution in [-0.4, -0.2) is 65.2 Å². The average molecular weight is 297 g/mol. The molecule has 0 aromatic carbocycles. The first-order valence-corrected chi connectivity index (χ1v) is 7.91. The number of carbonyl (C=O) groups excluding carboxylic acids is 1. The maximum Gasteiger partial charge on any atom is 0.317 e. The summed E-state index contributed by atoms with van der Waals surface area (Å²) in [4.78, 5) is 27.7. The SMILES string of the molecule is CC1CN(C(=O)NC2(CC(=O)O)CCCCC2)CCN1C. The van der Waals surface area contributed by atoms with Crippen molar-refractivity contribution >= 4 is 12.0 Å². The summed E-state index contributed by atoms with van der Waals surface area (Å²) >= 11 is 0. The summed E-state index contributed by atoms with van der Waals surface area (Å²) in [7, 11) is 2.06. The molecule has 1 atom stereocenters. The predicted molar refractivity (Wildman–Crippen MR) is 80.3 cm³/mol. The van der Waals surface area contributed by atoms with Gasteiger partial charge < -0.3 is 20.2 Å². The van der Waals surface area contributed by atoms with E-state index in [-0.39, 0.29) is 12.5 Å². The molecule has 0 aromatic rings. The van der Waals surface area contributed by atoms with E-state index in [2.05, 4.69) is 24.2 Å². The van der Waals surface area contributed by atoms with Crippen molar-refractivity contribution in [3.8, 4) is 0 Å². The minimum absolute atomic E-state index is 0.0298. The normalized spacial score (nSPS) is 26.4. The Morgan fingerprint density at radius 3 is 2.48 bits per heavy atom. The van der Waals surface area contributed by atoms with Gasteiger partial charge in [-0.05, 0) is 26.8 Å². The summed E-state index contributed by atoms with van der Waals surface area (Å²) in [6, 6.07) is 0.240. The van der Waals surface area contributed by atoms with E-state index in [0.29, 0.717) is 19.1 Å². The summed E-state index contributed by atoms with van der Waals surface area (Å²) in [6.45, 7) is 4.37. The van der Waals surface area contributed by atoms with Gasteiger partial charge in [-0.25, -0.2) is 4.79 Å². The molecule has 0 spiro atoms. The van der Waals surface area contributed by atoms with E-state index in [1.54, 1.807) is 0 Å². The highest BCUT2D eigenvalue weighted by Gasteiger charge is 2.37. The summed E-state index contributed by atoms with van der Waals surface area (Å²) < 4.78 is 0. The summed E-state index contributed by atoms with van der Waals surface area (Å²) in [6.07, 6.45) is 4.69. The van der Waals surface area contributed by atoms with E-state index in [9.17, 15) is 9.59 Å². The number of likely N-dealkylation sites (N-methyl/N-ethyl adjacent to an activating group) is 1. The lowest BCUT2D eigenvalue weighted by molar-refractivity contribution is -0.139. The van der Waals surface area contributed by atoms with Crippen molar-refractivity contribution in [2.45, 2.75) is 57.0 Å². The molecule has 0 bridgehead atoms. The van der Waals surface area contributed by atoms with Crippen LogP contribution in [0.5, 0.6) is 0 Å². The molecule has 6 nitrogen and oxygen atoms in total. The summed E-state index contributed by atoms with van der Waals surface area (Å²) in [5, 5.41) is 12.2. The van der Waals surface area contributed by atoms with Crippen LogP contribution < -0.4 is 5.32 Å². The molecule has 1 heterocycles. The van der Waals surface area contributed by atoms with Crippen molar-refractivity contribution in [3.63, 3.8) is 0 Å². The van der Waals surface area contributed by atoms with Gasteiger partial charge >= 0.3 is 12.0 Å². The van der Waals surface area contributed by atoms with Crippen LogP contribution in [0.15, 0.2) is 0 Å². The van der Waals surface area contributed by atoms with E-state index in [1.165, 1.54) is 0 Å². The van der Waals surface area contributed by atoms with Crippen LogP contribution in [0.3, 0.4) is 0 Å². The Morgan fingerprint density at radius 1 is 1.24 bits per heavy atom. The van der Waals surface area contributed by atoms with E-state index in [0.717, 1.165) is 38.6 Å². The Labute approximate surface area is 126 Å². The smallest absolute Gasteiger partial charge is 0.317 e. The molecule has 1 aliphatic carbocycles. The Balaban J connectivity index is 1.99. The molecule has 1 saturated carbocycles. The molecular weight excluding hydrogens is 270 g/mol. The third-order valence-electron chi connectivity index (χ3n) is 4.92. The van der Waals surface area contributed by atoms with Crippen LogP contribution in [0.4, 0.5) is 4.79 Å². The molecule has 0 radical (unpaired) electrons. The first-order chi connectivity index (χ1) is 9.92. The Hall–Kier alpha value is -1.30. The van der Waals surface area contributed by atoms with Gasteiger partial charge in [-0.3, -0.25) is 4.79 Å². The highest BCUT2D eigenvalue weighted by molar-refractivity contribution is 5.77. The van der Waals surface area contributed by atoms with Crippen LogP contribution >= 0.6 is 0 Å². The zero-order chi connectivity index (χ0) is 15.5. The van der Waals surface area contributed by atoms with Gasteiger partial charge in [0.25, 0.3) is 0 Å². The number of aliphatic carboxylic acids is 1. The first-order valence-electron chi connectivity index (χ1n) is 7.91. The Morgan fingerprint density at radius 2 is 1.90 bits per heavy atom. The fraction of sp³-hybridized carbons (Fsp3) is 0.867. The summed E-state index contributed by atoms with van der Waals surface area (Å²) in [5.41, 5.74) is -0.548. The van der Waals surface area contributed by atoms with Crippen LogP contribution in [0.1, 0.15) is 45.4 Å². The molecule has 6 heteroatoms. The van der Waals surface area contributed by atoms with E-state index in [4.69, 9.17) is 5.11 Å². The van der Waals surface area contributed by atoms with Gasteiger partial charge in [-0.1, -0.05) is 19.3 Å². The van der Waals surface area contributed by atoms with E-state index < -0.39 is 11.5 Å². The molecule has 2 fully saturated rings. The largest absolute Gasteiger partial charge is 0.481 e. The number of rotatable bonds is 3. The third-order valence-corrected chi connectivity index (χ3v) is 4.92. The zero-order valence-corrected chi connectivity index (χ0v) is 13.1. The van der Waals surface area contributed by atoms with Crippen LogP contribution in [0, 0.1) is 0 Å². The van der Waals surface area contributed by atoms with Crippen LogP contribution in [0.25, 0.3) is 0 Å². The minimum atomic E-state index is -0.830. The monoisotopic (exact) mass is 297 g/mol. The van der Waals surface area contributed by atoms with Gasteiger partial charge in [0.2, 0.25) is 0 Å². The molecule has 2 amide bonds. The molecule has 1 saturated heterocycles. The van der Waals surface area contributed by atoms with Crippen LogP contribution in [-0.2, 0) is 4.79 Å². The summed E-state index contributed by atoms with van der Waals surface area (Å²) in [5.74, 6) is -0.830. The van der Waals surface area contributed by atoms with Gasteiger partial charge in [0.15, 0.2) is 0 Å². The van der Waals surface area contributed by atoms with Crippen molar-refractivity contribution in [2.75, 3.05) is 26.7 Å². The topological polar surface area (TPSA) is 72.9 Å². The van der Waals surface area contributed by atoms with Crippen LogP contribution in [0.2, 0.25) is 0 Å². The number of hydrogen-bond donors (Lipinski definition) is 2. The van der Waals surface area contributed by atoms with Gasteiger partial charge in [0.1, 0.15) is 0 Å². The molecule has 2 rings (SSSR count). The first kappa shape index (κ1) is 16.1. The molecule has 2 aliphatic rings. The van der Waals surface area contributed by atoms with Crippen molar-refractivity contribution in [3.05, 3.63) is 0 Å². The predicted octanol–water partition coefficient (Wildman–Crippen LogP) is 1.51. The van der Waals surface area contributed by atoms with Crippen molar-refractivity contribution in [1.29, 1.82) is 0 Å². The lowest BCUT2D eigenvalue weighted by Crippen LogP contribution is -2.59. The molecular formula is C15H27N3O3. The number of nitrogens with one attached hydrogen (secondary N) is 1. The number of urea groups is 1. The van der Waals surface area contributed by atoms with Gasteiger partial charge in [-0.15, -0.1) is 0 Å². The maximum atomic E-state index is 12.5. The second kappa shape index (κ2) is 6.64. The number of carboxylic acid groups (broad SMARTS) is 1. The number of nitrogens with zero attached hydrogens (tertiary/aromatic N) is 2. The zero-order valence-electron chi connectivity index (χ0n) is 13.1. The third kappa shape index (κ3) is 4.09. The van der Waals surface area contributed by atoms with Crippen molar-refractivity contribution in [1.82, 2.24) is 15.1 Å². The van der Waals surface area contributed by atoms with Gasteiger partial charge in [-0.2, -0.15) is 0 Å². The second-order valence-corrected chi connectivity index (χ2v) is 6.62. The fourth-order valence-corrected chi connectivity index (χ4v) is 3.40. The molecule has 1 aliphatic heterocycles. The van der Waals surface area contributed by atoms with E-state index >= 15 is 0 Å². The second-order valence-electron chi connectivity index (χ2n) is 6.62. The number of amides is 2. The highest BCUT2D eigenvalue weighted by Crippen LogP contribution is 2.31. The van der Waals surface area contributed by atoms with Gasteiger partial charge in [0, 0.05) is 25.7 Å².